The minimum absolute atomic E-state index is 0.0565. The number of nitrogens with zero attached hydrogens (tertiary/aromatic N) is 3. The van der Waals surface area contributed by atoms with Crippen LogP contribution >= 0.6 is 0 Å². The average molecular weight is 349 g/mol. The third-order valence-corrected chi connectivity index (χ3v) is 5.89. The van der Waals surface area contributed by atoms with Crippen molar-refractivity contribution in [3.8, 4) is 0 Å². The zero-order chi connectivity index (χ0) is 18.0. The first-order valence-electron chi connectivity index (χ1n) is 9.05. The largest absolute Gasteiger partial charge is 0.335 e. The third kappa shape index (κ3) is 1.84. The standard InChI is InChI=1S/C20H19N3O3/c1-2-17(24)21-11-13-10-16(21)18-19(25)23(20(26)22(13)18)15-9-5-7-12-6-3-4-8-14(12)15/h3-9,13,16,18H,2,10-11H2,1H3/t13?,16?,18-/m1/s1. The van der Waals surface area contributed by atoms with E-state index in [0.29, 0.717) is 25.1 Å². The molecule has 3 saturated heterocycles. The molecule has 3 atom stereocenters. The molecular weight excluding hydrogens is 330 g/mol. The number of benzene rings is 2. The highest BCUT2D eigenvalue weighted by Gasteiger charge is 2.62. The number of carbonyl (C=O) groups is 3. The lowest BCUT2D eigenvalue weighted by atomic mass is 10.1. The fourth-order valence-corrected chi connectivity index (χ4v) is 4.77. The van der Waals surface area contributed by atoms with Gasteiger partial charge in [-0.3, -0.25) is 9.59 Å². The number of anilines is 1. The Hall–Kier alpha value is -2.89. The maximum Gasteiger partial charge on any atom is 0.332 e. The summed E-state index contributed by atoms with van der Waals surface area (Å²) in [5.41, 5.74) is 0.625. The van der Waals surface area contributed by atoms with E-state index in [2.05, 4.69) is 0 Å². The molecule has 2 aromatic carbocycles. The van der Waals surface area contributed by atoms with Gasteiger partial charge in [0.25, 0.3) is 5.91 Å². The fourth-order valence-electron chi connectivity index (χ4n) is 4.77. The second-order valence-electron chi connectivity index (χ2n) is 7.16. The maximum absolute atomic E-state index is 13.2. The van der Waals surface area contributed by atoms with Crippen molar-refractivity contribution in [2.75, 3.05) is 11.4 Å². The quantitative estimate of drug-likeness (QED) is 0.782. The number of amides is 4. The molecule has 0 radical (unpaired) electrons. The summed E-state index contributed by atoms with van der Waals surface area (Å²) in [5.74, 6) is -0.159. The molecule has 2 aromatic rings. The smallest absolute Gasteiger partial charge is 0.332 e. The molecule has 0 aliphatic carbocycles. The van der Waals surface area contributed by atoms with E-state index >= 15 is 0 Å². The van der Waals surface area contributed by atoms with E-state index in [-0.39, 0.29) is 29.9 Å². The summed E-state index contributed by atoms with van der Waals surface area (Å²) < 4.78 is 0. The summed E-state index contributed by atoms with van der Waals surface area (Å²) in [6.07, 6.45) is 1.13. The van der Waals surface area contributed by atoms with Gasteiger partial charge >= 0.3 is 6.03 Å². The molecule has 0 spiro atoms. The van der Waals surface area contributed by atoms with Crippen molar-refractivity contribution in [3.63, 3.8) is 0 Å². The van der Waals surface area contributed by atoms with E-state index in [1.165, 1.54) is 4.90 Å². The van der Waals surface area contributed by atoms with Gasteiger partial charge in [-0.15, -0.1) is 0 Å². The van der Waals surface area contributed by atoms with Crippen LogP contribution in [0.5, 0.6) is 0 Å². The number of hydrogen-bond acceptors (Lipinski definition) is 3. The first kappa shape index (κ1) is 15.4. The van der Waals surface area contributed by atoms with Crippen molar-refractivity contribution < 1.29 is 14.4 Å². The molecule has 4 amide bonds. The van der Waals surface area contributed by atoms with Gasteiger partial charge in [-0.05, 0) is 17.9 Å². The van der Waals surface area contributed by atoms with Crippen LogP contribution in [-0.4, -0.2) is 52.3 Å². The van der Waals surface area contributed by atoms with Gasteiger partial charge in [0.2, 0.25) is 5.91 Å². The topological polar surface area (TPSA) is 60.9 Å². The van der Waals surface area contributed by atoms with Gasteiger partial charge in [-0.2, -0.15) is 0 Å². The number of likely N-dealkylation sites (tertiary alicyclic amines) is 1. The highest BCUT2D eigenvalue weighted by Crippen LogP contribution is 2.43. The Balaban J connectivity index is 1.57. The second-order valence-corrected chi connectivity index (χ2v) is 7.16. The molecule has 2 unspecified atom stereocenters. The van der Waals surface area contributed by atoms with Gasteiger partial charge < -0.3 is 9.80 Å². The van der Waals surface area contributed by atoms with E-state index in [0.717, 1.165) is 10.8 Å². The van der Waals surface area contributed by atoms with E-state index in [1.807, 2.05) is 49.4 Å². The molecular formula is C20H19N3O3. The second kappa shape index (κ2) is 5.30. The monoisotopic (exact) mass is 349 g/mol. The minimum atomic E-state index is -0.546. The Morgan fingerprint density at radius 3 is 2.69 bits per heavy atom. The number of carbonyl (C=O) groups excluding carboxylic acids is 3. The predicted molar refractivity (Wildman–Crippen MR) is 96.7 cm³/mol. The van der Waals surface area contributed by atoms with E-state index < -0.39 is 6.04 Å². The van der Waals surface area contributed by atoms with Crippen LogP contribution in [0.4, 0.5) is 10.5 Å². The molecule has 3 aliphatic heterocycles. The Kier molecular flexibility index (Phi) is 3.13. The molecule has 2 bridgehead atoms. The van der Waals surface area contributed by atoms with Crippen LogP contribution in [0.15, 0.2) is 42.5 Å². The van der Waals surface area contributed by atoms with Crippen molar-refractivity contribution in [1.29, 1.82) is 0 Å². The van der Waals surface area contributed by atoms with Gasteiger partial charge in [0, 0.05) is 18.4 Å². The van der Waals surface area contributed by atoms with E-state index in [1.54, 1.807) is 9.80 Å². The predicted octanol–water partition coefficient (Wildman–Crippen LogP) is 2.37. The molecule has 3 heterocycles. The zero-order valence-electron chi connectivity index (χ0n) is 14.5. The van der Waals surface area contributed by atoms with Gasteiger partial charge in [0.1, 0.15) is 6.04 Å². The maximum atomic E-state index is 13.2. The summed E-state index contributed by atoms with van der Waals surface area (Å²) in [6, 6.07) is 12.3. The first-order valence-corrected chi connectivity index (χ1v) is 9.05. The molecule has 5 rings (SSSR count). The molecule has 26 heavy (non-hydrogen) atoms. The normalized spacial score (nSPS) is 27.0. The highest BCUT2D eigenvalue weighted by atomic mass is 16.2. The van der Waals surface area contributed by atoms with Crippen LogP contribution in [0.1, 0.15) is 19.8 Å². The summed E-state index contributed by atoms with van der Waals surface area (Å²) in [4.78, 5) is 43.3. The SMILES string of the molecule is CCC(=O)N1CC2CC1[C@@H]1C(=O)N(c3cccc4ccccc34)C(=O)N21. The number of rotatable bonds is 2. The molecule has 0 N–H and O–H groups in total. The molecule has 0 saturated carbocycles. The highest BCUT2D eigenvalue weighted by molar-refractivity contribution is 6.25. The van der Waals surface area contributed by atoms with Crippen LogP contribution in [0.25, 0.3) is 10.8 Å². The van der Waals surface area contributed by atoms with Crippen molar-refractivity contribution in [2.24, 2.45) is 0 Å². The molecule has 132 valence electrons. The van der Waals surface area contributed by atoms with Crippen LogP contribution in [-0.2, 0) is 9.59 Å². The molecule has 0 aromatic heterocycles. The van der Waals surface area contributed by atoms with Crippen LogP contribution in [0.2, 0.25) is 0 Å². The van der Waals surface area contributed by atoms with Gasteiger partial charge in [0.15, 0.2) is 0 Å². The summed E-state index contributed by atoms with van der Waals surface area (Å²) in [6.45, 7) is 2.37. The number of imide groups is 1. The van der Waals surface area contributed by atoms with Crippen molar-refractivity contribution >= 4 is 34.3 Å². The summed E-state index contributed by atoms with van der Waals surface area (Å²) in [5, 5.41) is 1.87. The lowest BCUT2D eigenvalue weighted by Crippen LogP contribution is -2.54. The lowest BCUT2D eigenvalue weighted by Gasteiger charge is -2.34. The Labute approximate surface area is 151 Å². The molecule has 6 nitrogen and oxygen atoms in total. The Morgan fingerprint density at radius 2 is 1.88 bits per heavy atom. The van der Waals surface area contributed by atoms with Crippen LogP contribution < -0.4 is 4.90 Å². The Bertz CT molecular complexity index is 951. The minimum Gasteiger partial charge on any atom is -0.335 e. The van der Waals surface area contributed by atoms with Gasteiger partial charge in [-0.1, -0.05) is 43.3 Å². The van der Waals surface area contributed by atoms with Crippen molar-refractivity contribution in [3.05, 3.63) is 42.5 Å². The van der Waals surface area contributed by atoms with Crippen molar-refractivity contribution in [1.82, 2.24) is 9.80 Å². The van der Waals surface area contributed by atoms with E-state index in [4.69, 9.17) is 0 Å². The van der Waals surface area contributed by atoms with E-state index in [9.17, 15) is 14.4 Å². The average Bonchev–Trinajstić information content (AvgIpc) is 3.32. The first-order chi connectivity index (χ1) is 12.6. The zero-order valence-corrected chi connectivity index (χ0v) is 14.5. The molecule has 6 heteroatoms. The number of urea groups is 1. The lowest BCUT2D eigenvalue weighted by molar-refractivity contribution is -0.135. The number of fused-ring (bicyclic) bond motifs is 6. The van der Waals surface area contributed by atoms with Crippen molar-refractivity contribution in [2.45, 2.75) is 37.9 Å². The summed E-state index contributed by atoms with van der Waals surface area (Å²) >= 11 is 0. The molecule has 3 aliphatic rings. The molecule has 3 fully saturated rings. The Morgan fingerprint density at radius 1 is 1.12 bits per heavy atom. The number of piperazine rings is 1. The van der Waals surface area contributed by atoms with Crippen LogP contribution in [0, 0.1) is 0 Å². The van der Waals surface area contributed by atoms with Gasteiger partial charge in [-0.25, -0.2) is 9.69 Å². The number of hydrogen-bond donors (Lipinski definition) is 0. The fraction of sp³-hybridized carbons (Fsp3) is 0.350. The third-order valence-electron chi connectivity index (χ3n) is 5.89. The van der Waals surface area contributed by atoms with Crippen LogP contribution in [0.3, 0.4) is 0 Å². The van der Waals surface area contributed by atoms with Gasteiger partial charge in [0.05, 0.1) is 17.8 Å². The summed E-state index contributed by atoms with van der Waals surface area (Å²) in [7, 11) is 0.